The van der Waals surface area contributed by atoms with Crippen LogP contribution in [0.4, 0.5) is 9.59 Å². The summed E-state index contributed by atoms with van der Waals surface area (Å²) in [4.78, 5) is 24.2. The van der Waals surface area contributed by atoms with Crippen molar-refractivity contribution >= 4 is 12.1 Å². The number of methoxy groups -OCH3 is 2. The molecule has 1 aliphatic rings. The lowest BCUT2D eigenvalue weighted by molar-refractivity contribution is 0.00991. The molecule has 6 heteroatoms. The Balaban J connectivity index is 3.04. The molecule has 0 unspecified atom stereocenters. The predicted molar refractivity (Wildman–Crippen MR) is 56.8 cm³/mol. The van der Waals surface area contributed by atoms with E-state index >= 15 is 0 Å². The summed E-state index contributed by atoms with van der Waals surface area (Å²) in [6.07, 6.45) is -1.18. The predicted octanol–water partition coefficient (Wildman–Crippen LogP) is 1.17. The fourth-order valence-electron chi connectivity index (χ4n) is 1.86. The Labute approximate surface area is 94.9 Å². The highest BCUT2D eigenvalue weighted by Gasteiger charge is 2.49. The van der Waals surface area contributed by atoms with Gasteiger partial charge in [0.25, 0.3) is 0 Å². The summed E-state index contributed by atoms with van der Waals surface area (Å²) in [7, 11) is 2.74. The Morgan fingerprint density at radius 1 is 1.38 bits per heavy atom. The molecule has 1 fully saturated rings. The molecule has 1 heterocycles. The van der Waals surface area contributed by atoms with Crippen LogP contribution in [0.15, 0.2) is 0 Å². The summed E-state index contributed by atoms with van der Waals surface area (Å²) in [5, 5.41) is 2.59. The van der Waals surface area contributed by atoms with E-state index in [1.54, 1.807) is 0 Å². The Morgan fingerprint density at radius 2 is 1.94 bits per heavy atom. The van der Waals surface area contributed by atoms with Crippen molar-refractivity contribution in [1.82, 2.24) is 10.2 Å². The molecule has 92 valence electrons. The maximum absolute atomic E-state index is 11.6. The maximum atomic E-state index is 11.6. The Morgan fingerprint density at radius 3 is 2.31 bits per heavy atom. The van der Waals surface area contributed by atoms with Crippen LogP contribution < -0.4 is 5.32 Å². The van der Waals surface area contributed by atoms with E-state index in [1.165, 1.54) is 14.2 Å². The zero-order valence-electron chi connectivity index (χ0n) is 10.2. The van der Waals surface area contributed by atoms with Crippen LogP contribution in [0.3, 0.4) is 0 Å². The van der Waals surface area contributed by atoms with Crippen molar-refractivity contribution in [2.24, 2.45) is 5.41 Å². The van der Waals surface area contributed by atoms with Crippen molar-refractivity contribution in [3.8, 4) is 0 Å². The van der Waals surface area contributed by atoms with Crippen LogP contribution in [0.5, 0.6) is 0 Å². The lowest BCUT2D eigenvalue weighted by Gasteiger charge is -2.34. The molecule has 0 radical (unpaired) electrons. The first-order valence-corrected chi connectivity index (χ1v) is 5.03. The van der Waals surface area contributed by atoms with Gasteiger partial charge >= 0.3 is 12.1 Å². The number of ether oxygens (including phenoxy) is 2. The highest BCUT2D eigenvalue weighted by atomic mass is 16.5. The van der Waals surface area contributed by atoms with Gasteiger partial charge in [0.2, 0.25) is 0 Å². The van der Waals surface area contributed by atoms with Crippen LogP contribution in [0.2, 0.25) is 0 Å². The van der Waals surface area contributed by atoms with Gasteiger partial charge in [-0.05, 0) is 5.41 Å². The molecule has 2 atom stereocenters. The summed E-state index contributed by atoms with van der Waals surface area (Å²) in [6, 6.07) is -0.879. The smallest absolute Gasteiger partial charge is 0.418 e. The maximum Gasteiger partial charge on any atom is 0.418 e. The number of imide groups is 1. The van der Waals surface area contributed by atoms with E-state index in [2.05, 4.69) is 10.1 Å². The van der Waals surface area contributed by atoms with Crippen LogP contribution >= 0.6 is 0 Å². The number of urea groups is 1. The molecule has 0 saturated carbocycles. The Bertz CT molecular complexity index is 298. The van der Waals surface area contributed by atoms with Crippen molar-refractivity contribution < 1.29 is 19.1 Å². The van der Waals surface area contributed by atoms with Gasteiger partial charge < -0.3 is 14.8 Å². The molecule has 6 nitrogen and oxygen atoms in total. The third-order valence-corrected chi connectivity index (χ3v) is 2.56. The van der Waals surface area contributed by atoms with Crippen LogP contribution in [0.1, 0.15) is 20.8 Å². The second-order valence-corrected chi connectivity index (χ2v) is 4.76. The molecule has 0 bridgehead atoms. The number of nitrogens with zero attached hydrogens (tertiary/aromatic N) is 1. The van der Waals surface area contributed by atoms with Gasteiger partial charge in [0, 0.05) is 7.11 Å². The minimum absolute atomic E-state index is 0.298. The Hall–Kier alpha value is -1.30. The van der Waals surface area contributed by atoms with E-state index in [1.807, 2.05) is 20.8 Å². The zero-order valence-corrected chi connectivity index (χ0v) is 10.2. The molecule has 0 aromatic heterocycles. The molecule has 0 aromatic rings. The molecule has 1 saturated heterocycles. The largest absolute Gasteiger partial charge is 0.452 e. The number of nitrogens with one attached hydrogen (secondary N) is 1. The molecule has 0 aliphatic carbocycles. The third-order valence-electron chi connectivity index (χ3n) is 2.56. The van der Waals surface area contributed by atoms with E-state index in [9.17, 15) is 9.59 Å². The fourth-order valence-corrected chi connectivity index (χ4v) is 1.86. The summed E-state index contributed by atoms with van der Waals surface area (Å²) in [5.41, 5.74) is -0.298. The molecule has 1 rings (SSSR count). The first-order chi connectivity index (χ1) is 7.32. The standard InChI is InChI=1S/C10H18N2O4/c1-10(2,3)6-7(15-4)11-8(13)12(6)9(14)16-5/h6-7H,1-5H3,(H,11,13)/t6-,7+/m0/s1. The van der Waals surface area contributed by atoms with Gasteiger partial charge in [0.15, 0.2) is 6.23 Å². The van der Waals surface area contributed by atoms with Gasteiger partial charge in [-0.1, -0.05) is 20.8 Å². The van der Waals surface area contributed by atoms with E-state index in [-0.39, 0.29) is 5.41 Å². The normalized spacial score (nSPS) is 25.6. The first-order valence-electron chi connectivity index (χ1n) is 5.03. The van der Waals surface area contributed by atoms with Gasteiger partial charge in [-0.3, -0.25) is 0 Å². The number of amides is 3. The SMILES string of the molecule is COC(=O)N1C(=O)N[C@H](OC)[C@H]1C(C)(C)C. The quantitative estimate of drug-likeness (QED) is 0.734. The van der Waals surface area contributed by atoms with Gasteiger partial charge in [-0.25, -0.2) is 14.5 Å². The fraction of sp³-hybridized carbons (Fsp3) is 0.800. The number of hydrogen-bond donors (Lipinski definition) is 1. The van der Waals surface area contributed by atoms with E-state index < -0.39 is 24.4 Å². The molecule has 1 N–H and O–H groups in total. The average Bonchev–Trinajstić information content (AvgIpc) is 2.53. The first kappa shape index (κ1) is 12.8. The van der Waals surface area contributed by atoms with Crippen molar-refractivity contribution in [2.45, 2.75) is 33.0 Å². The third kappa shape index (κ3) is 2.11. The van der Waals surface area contributed by atoms with Crippen molar-refractivity contribution in [2.75, 3.05) is 14.2 Å². The average molecular weight is 230 g/mol. The molecular weight excluding hydrogens is 212 g/mol. The van der Waals surface area contributed by atoms with Gasteiger partial charge in [0.1, 0.15) is 0 Å². The minimum atomic E-state index is -0.669. The van der Waals surface area contributed by atoms with E-state index in [0.29, 0.717) is 0 Å². The van der Waals surface area contributed by atoms with E-state index in [0.717, 1.165) is 4.90 Å². The van der Waals surface area contributed by atoms with Gasteiger partial charge in [-0.2, -0.15) is 0 Å². The summed E-state index contributed by atoms with van der Waals surface area (Å²) in [5.74, 6) is 0. The van der Waals surface area contributed by atoms with Crippen molar-refractivity contribution in [3.63, 3.8) is 0 Å². The molecular formula is C10H18N2O4. The van der Waals surface area contributed by atoms with Gasteiger partial charge in [0.05, 0.1) is 13.2 Å². The summed E-state index contributed by atoms with van der Waals surface area (Å²) < 4.78 is 9.76. The monoisotopic (exact) mass is 230 g/mol. The highest BCUT2D eigenvalue weighted by Crippen LogP contribution is 2.31. The molecule has 16 heavy (non-hydrogen) atoms. The second kappa shape index (κ2) is 4.29. The number of rotatable bonds is 1. The van der Waals surface area contributed by atoms with Crippen LogP contribution in [-0.2, 0) is 9.47 Å². The number of carbonyl (C=O) groups excluding carboxylic acids is 2. The number of carbonyl (C=O) groups is 2. The van der Waals surface area contributed by atoms with Crippen LogP contribution in [0, 0.1) is 5.41 Å². The number of hydrogen-bond acceptors (Lipinski definition) is 4. The highest BCUT2D eigenvalue weighted by molar-refractivity contribution is 5.93. The summed E-state index contributed by atoms with van der Waals surface area (Å²) in [6.45, 7) is 5.79. The van der Waals surface area contributed by atoms with Crippen LogP contribution in [-0.4, -0.2) is 43.5 Å². The topological polar surface area (TPSA) is 67.9 Å². The van der Waals surface area contributed by atoms with Crippen LogP contribution in [0.25, 0.3) is 0 Å². The minimum Gasteiger partial charge on any atom is -0.452 e. The molecule has 0 aromatic carbocycles. The zero-order chi connectivity index (χ0) is 12.5. The molecule has 3 amide bonds. The van der Waals surface area contributed by atoms with E-state index in [4.69, 9.17) is 4.74 Å². The second-order valence-electron chi connectivity index (χ2n) is 4.76. The van der Waals surface area contributed by atoms with Crippen molar-refractivity contribution in [1.29, 1.82) is 0 Å². The Kier molecular flexibility index (Phi) is 3.42. The molecule has 1 aliphatic heterocycles. The summed E-state index contributed by atoms with van der Waals surface area (Å²) >= 11 is 0. The van der Waals surface area contributed by atoms with Crippen molar-refractivity contribution in [3.05, 3.63) is 0 Å². The lowest BCUT2D eigenvalue weighted by Crippen LogP contribution is -2.49. The van der Waals surface area contributed by atoms with Gasteiger partial charge in [-0.15, -0.1) is 0 Å². The molecule has 0 spiro atoms. The lowest BCUT2D eigenvalue weighted by atomic mass is 9.85.